The van der Waals surface area contributed by atoms with Crippen LogP contribution in [0.25, 0.3) is 0 Å². The van der Waals surface area contributed by atoms with Crippen molar-refractivity contribution in [1.82, 2.24) is 0 Å². The molecule has 0 aliphatic carbocycles. The number of aliphatic carboxylic acids is 1. The smallest absolute Gasteiger partial charge is 0.306 e. The number of hydrogen-bond acceptors (Lipinski definition) is 2. The standard InChI is InChI=1S/C11H12F2O3/c1-7(11(14)15)4-5-16-10-3-2-8(12)6-9(10)13/h2-3,6-7H,4-5H2,1H3,(H,14,15). The molecule has 0 bridgehead atoms. The molecular formula is C11H12F2O3. The van der Waals surface area contributed by atoms with Crippen LogP contribution in [-0.4, -0.2) is 17.7 Å². The van der Waals surface area contributed by atoms with E-state index in [0.29, 0.717) is 0 Å². The van der Waals surface area contributed by atoms with Gasteiger partial charge in [-0.15, -0.1) is 0 Å². The number of halogens is 2. The van der Waals surface area contributed by atoms with Gasteiger partial charge >= 0.3 is 5.97 Å². The first-order valence-electron chi connectivity index (χ1n) is 4.81. The molecule has 0 amide bonds. The first-order valence-corrected chi connectivity index (χ1v) is 4.81. The summed E-state index contributed by atoms with van der Waals surface area (Å²) in [5.74, 6) is -3.02. The average molecular weight is 230 g/mol. The van der Waals surface area contributed by atoms with Crippen LogP contribution in [0, 0.1) is 17.6 Å². The van der Waals surface area contributed by atoms with E-state index in [2.05, 4.69) is 0 Å². The summed E-state index contributed by atoms with van der Waals surface area (Å²) in [7, 11) is 0. The van der Waals surface area contributed by atoms with E-state index in [1.165, 1.54) is 13.0 Å². The van der Waals surface area contributed by atoms with E-state index in [4.69, 9.17) is 9.84 Å². The van der Waals surface area contributed by atoms with E-state index < -0.39 is 23.5 Å². The Balaban J connectivity index is 2.46. The Morgan fingerprint density at radius 1 is 1.50 bits per heavy atom. The van der Waals surface area contributed by atoms with Gasteiger partial charge in [-0.2, -0.15) is 0 Å². The third-order valence-corrected chi connectivity index (χ3v) is 2.12. The Hall–Kier alpha value is -1.65. The van der Waals surface area contributed by atoms with E-state index in [-0.39, 0.29) is 18.8 Å². The maximum atomic E-state index is 13.1. The maximum absolute atomic E-state index is 13.1. The van der Waals surface area contributed by atoms with E-state index in [9.17, 15) is 13.6 Å². The molecule has 0 spiro atoms. The van der Waals surface area contributed by atoms with E-state index in [0.717, 1.165) is 12.1 Å². The summed E-state index contributed by atoms with van der Waals surface area (Å²) in [5.41, 5.74) is 0. The third kappa shape index (κ3) is 3.49. The Morgan fingerprint density at radius 3 is 2.75 bits per heavy atom. The van der Waals surface area contributed by atoms with Crippen molar-refractivity contribution in [1.29, 1.82) is 0 Å². The van der Waals surface area contributed by atoms with Gasteiger partial charge in [-0.3, -0.25) is 4.79 Å². The first-order chi connectivity index (χ1) is 7.50. The average Bonchev–Trinajstić information content (AvgIpc) is 2.20. The van der Waals surface area contributed by atoms with Gasteiger partial charge < -0.3 is 9.84 Å². The lowest BCUT2D eigenvalue weighted by Gasteiger charge is -2.09. The van der Waals surface area contributed by atoms with Gasteiger partial charge in [0, 0.05) is 6.07 Å². The Bertz CT molecular complexity index is 379. The van der Waals surface area contributed by atoms with Crippen LogP contribution in [0.3, 0.4) is 0 Å². The second-order valence-electron chi connectivity index (χ2n) is 3.45. The zero-order valence-corrected chi connectivity index (χ0v) is 8.74. The molecule has 3 nitrogen and oxygen atoms in total. The molecular weight excluding hydrogens is 218 g/mol. The molecule has 0 radical (unpaired) electrons. The lowest BCUT2D eigenvalue weighted by Crippen LogP contribution is -2.13. The van der Waals surface area contributed by atoms with Gasteiger partial charge in [0.25, 0.3) is 0 Å². The molecule has 0 saturated carbocycles. The molecule has 1 N–H and O–H groups in total. The van der Waals surface area contributed by atoms with Crippen LogP contribution in [-0.2, 0) is 4.79 Å². The fraction of sp³-hybridized carbons (Fsp3) is 0.364. The SMILES string of the molecule is CC(CCOc1ccc(F)cc1F)C(=O)O. The summed E-state index contributed by atoms with van der Waals surface area (Å²) < 4.78 is 30.6. The first kappa shape index (κ1) is 12.4. The van der Waals surface area contributed by atoms with Crippen LogP contribution in [0.2, 0.25) is 0 Å². The van der Waals surface area contributed by atoms with Gasteiger partial charge in [0.1, 0.15) is 5.82 Å². The third-order valence-electron chi connectivity index (χ3n) is 2.12. The minimum atomic E-state index is -0.928. The second kappa shape index (κ2) is 5.44. The highest BCUT2D eigenvalue weighted by Gasteiger charge is 2.11. The molecule has 1 aromatic rings. The highest BCUT2D eigenvalue weighted by atomic mass is 19.1. The Morgan fingerprint density at radius 2 is 2.19 bits per heavy atom. The summed E-state index contributed by atoms with van der Waals surface area (Å²) in [6.07, 6.45) is 0.270. The zero-order chi connectivity index (χ0) is 12.1. The number of ether oxygens (including phenoxy) is 1. The van der Waals surface area contributed by atoms with Gasteiger partial charge in [0.05, 0.1) is 12.5 Å². The molecule has 0 aliphatic heterocycles. The topological polar surface area (TPSA) is 46.5 Å². The van der Waals surface area contributed by atoms with Crippen molar-refractivity contribution in [2.24, 2.45) is 5.92 Å². The van der Waals surface area contributed by atoms with E-state index >= 15 is 0 Å². The van der Waals surface area contributed by atoms with Gasteiger partial charge in [0.15, 0.2) is 11.6 Å². The van der Waals surface area contributed by atoms with Crippen molar-refractivity contribution in [3.8, 4) is 5.75 Å². The van der Waals surface area contributed by atoms with Gasteiger partial charge in [-0.05, 0) is 18.6 Å². The number of carboxylic acids is 1. The maximum Gasteiger partial charge on any atom is 0.306 e. The van der Waals surface area contributed by atoms with Gasteiger partial charge in [0.2, 0.25) is 0 Å². The number of hydrogen-bond donors (Lipinski definition) is 1. The van der Waals surface area contributed by atoms with Crippen molar-refractivity contribution in [2.45, 2.75) is 13.3 Å². The van der Waals surface area contributed by atoms with Crippen LogP contribution < -0.4 is 4.74 Å². The molecule has 1 rings (SSSR count). The molecule has 1 unspecified atom stereocenters. The summed E-state index contributed by atoms with van der Waals surface area (Å²) in [4.78, 5) is 10.5. The normalized spacial score (nSPS) is 12.2. The molecule has 16 heavy (non-hydrogen) atoms. The molecule has 1 atom stereocenters. The molecule has 5 heteroatoms. The Kier molecular flexibility index (Phi) is 4.22. The molecule has 88 valence electrons. The predicted molar refractivity (Wildman–Crippen MR) is 53.3 cm³/mol. The van der Waals surface area contributed by atoms with Crippen LogP contribution in [0.4, 0.5) is 8.78 Å². The minimum absolute atomic E-state index is 0.0704. The van der Waals surface area contributed by atoms with Crippen molar-refractivity contribution >= 4 is 5.97 Å². The lowest BCUT2D eigenvalue weighted by molar-refractivity contribution is -0.141. The largest absolute Gasteiger partial charge is 0.490 e. The lowest BCUT2D eigenvalue weighted by atomic mass is 10.1. The van der Waals surface area contributed by atoms with Crippen molar-refractivity contribution < 1.29 is 23.4 Å². The van der Waals surface area contributed by atoms with Gasteiger partial charge in [-0.1, -0.05) is 6.92 Å². The Labute approximate surface area is 91.7 Å². The highest BCUT2D eigenvalue weighted by molar-refractivity contribution is 5.69. The fourth-order valence-electron chi connectivity index (χ4n) is 1.06. The number of rotatable bonds is 5. The monoisotopic (exact) mass is 230 g/mol. The molecule has 0 aromatic heterocycles. The predicted octanol–water partition coefficient (Wildman–Crippen LogP) is 2.45. The molecule has 0 fully saturated rings. The number of carbonyl (C=O) groups is 1. The van der Waals surface area contributed by atoms with Crippen LogP contribution in [0.1, 0.15) is 13.3 Å². The number of benzene rings is 1. The summed E-state index contributed by atoms with van der Waals surface area (Å²) >= 11 is 0. The quantitative estimate of drug-likeness (QED) is 0.845. The zero-order valence-electron chi connectivity index (χ0n) is 8.74. The molecule has 0 aliphatic rings. The minimum Gasteiger partial charge on any atom is -0.490 e. The second-order valence-corrected chi connectivity index (χ2v) is 3.45. The van der Waals surface area contributed by atoms with Gasteiger partial charge in [-0.25, -0.2) is 8.78 Å². The molecule has 1 aromatic carbocycles. The summed E-state index contributed by atoms with van der Waals surface area (Å²) in [6, 6.07) is 2.98. The van der Waals surface area contributed by atoms with Crippen molar-refractivity contribution in [3.63, 3.8) is 0 Å². The molecule has 0 heterocycles. The van der Waals surface area contributed by atoms with E-state index in [1.54, 1.807) is 0 Å². The highest BCUT2D eigenvalue weighted by Crippen LogP contribution is 2.18. The summed E-state index contributed by atoms with van der Waals surface area (Å²) in [5, 5.41) is 8.59. The van der Waals surface area contributed by atoms with Crippen molar-refractivity contribution in [3.05, 3.63) is 29.8 Å². The summed E-state index contributed by atoms with van der Waals surface area (Å²) in [6.45, 7) is 1.61. The fourth-order valence-corrected chi connectivity index (χ4v) is 1.06. The van der Waals surface area contributed by atoms with Crippen molar-refractivity contribution in [2.75, 3.05) is 6.61 Å². The van der Waals surface area contributed by atoms with Crippen LogP contribution in [0.15, 0.2) is 18.2 Å². The number of carboxylic acid groups (broad SMARTS) is 1. The van der Waals surface area contributed by atoms with Crippen LogP contribution >= 0.6 is 0 Å². The molecule has 0 saturated heterocycles. The van der Waals surface area contributed by atoms with E-state index in [1.807, 2.05) is 0 Å². The van der Waals surface area contributed by atoms with Crippen LogP contribution in [0.5, 0.6) is 5.75 Å².